The van der Waals surface area contributed by atoms with Crippen molar-refractivity contribution in [2.45, 2.75) is 13.8 Å². The quantitative estimate of drug-likeness (QED) is 0.699. The first kappa shape index (κ1) is 16.8. The molecular weight excluding hydrogens is 344 g/mol. The fourth-order valence-electron chi connectivity index (χ4n) is 1.94. The molecule has 8 nitrogen and oxygen atoms in total. The van der Waals surface area contributed by atoms with E-state index >= 15 is 0 Å². The van der Waals surface area contributed by atoms with Gasteiger partial charge >= 0.3 is 5.97 Å². The molecule has 1 N–H and O–H groups in total. The van der Waals surface area contributed by atoms with E-state index in [0.717, 1.165) is 5.69 Å². The summed E-state index contributed by atoms with van der Waals surface area (Å²) in [6.45, 7) is 3.16. The van der Waals surface area contributed by atoms with Crippen molar-refractivity contribution in [1.82, 2.24) is 15.1 Å². The van der Waals surface area contributed by atoms with Crippen molar-refractivity contribution < 1.29 is 18.8 Å². The number of anilines is 1. The molecule has 0 spiro atoms. The molecule has 25 heavy (non-hydrogen) atoms. The lowest BCUT2D eigenvalue weighted by molar-refractivity contribution is -0.119. The van der Waals surface area contributed by atoms with E-state index in [2.05, 4.69) is 20.4 Å². The summed E-state index contributed by atoms with van der Waals surface area (Å²) in [5, 5.41) is 8.56. The highest BCUT2D eigenvalue weighted by Gasteiger charge is 2.13. The number of aromatic nitrogens is 3. The van der Waals surface area contributed by atoms with E-state index < -0.39 is 11.9 Å². The first-order valence-electron chi connectivity index (χ1n) is 7.31. The van der Waals surface area contributed by atoms with Crippen molar-refractivity contribution in [2.24, 2.45) is 0 Å². The van der Waals surface area contributed by atoms with Crippen LogP contribution in [0.1, 0.15) is 21.9 Å². The highest BCUT2D eigenvalue weighted by atomic mass is 32.1. The normalized spacial score (nSPS) is 10.5. The Labute approximate surface area is 146 Å². The first-order chi connectivity index (χ1) is 12.0. The van der Waals surface area contributed by atoms with Gasteiger partial charge in [0.25, 0.3) is 11.8 Å². The number of carbonyl (C=O) groups is 2. The van der Waals surface area contributed by atoms with Crippen molar-refractivity contribution in [3.63, 3.8) is 0 Å². The second-order valence-corrected chi connectivity index (χ2v) is 6.00. The number of aryl methyl sites for hydroxylation is 2. The molecule has 0 unspecified atom stereocenters. The van der Waals surface area contributed by atoms with Crippen LogP contribution in [0.25, 0.3) is 11.5 Å². The summed E-state index contributed by atoms with van der Waals surface area (Å²) < 4.78 is 10.0. The Hall–Kier alpha value is -3.07. The van der Waals surface area contributed by atoms with Crippen LogP contribution in [0, 0.1) is 13.8 Å². The smallest absolute Gasteiger partial charge is 0.338 e. The SMILES string of the molecule is Cc1csc(NC(=O)COC(=O)c2ccc(-c3nc(C)no3)cc2)n1. The predicted octanol–water partition coefficient (Wildman–Crippen LogP) is 2.61. The number of nitrogens with one attached hydrogen (secondary N) is 1. The van der Waals surface area contributed by atoms with Crippen LogP contribution in [-0.2, 0) is 9.53 Å². The number of nitrogens with zero attached hydrogens (tertiary/aromatic N) is 3. The lowest BCUT2D eigenvalue weighted by Crippen LogP contribution is -2.20. The van der Waals surface area contributed by atoms with Gasteiger partial charge in [-0.3, -0.25) is 10.1 Å². The van der Waals surface area contributed by atoms with Gasteiger partial charge in [0.15, 0.2) is 17.6 Å². The summed E-state index contributed by atoms with van der Waals surface area (Å²) in [6.07, 6.45) is 0. The van der Waals surface area contributed by atoms with E-state index in [1.54, 1.807) is 31.2 Å². The second kappa shape index (κ2) is 7.22. The largest absolute Gasteiger partial charge is 0.452 e. The molecule has 0 atom stereocenters. The summed E-state index contributed by atoms with van der Waals surface area (Å²) in [5.41, 5.74) is 1.82. The number of esters is 1. The van der Waals surface area contributed by atoms with Crippen molar-refractivity contribution >= 4 is 28.3 Å². The van der Waals surface area contributed by atoms with E-state index in [1.807, 2.05) is 12.3 Å². The summed E-state index contributed by atoms with van der Waals surface area (Å²) in [4.78, 5) is 31.9. The minimum atomic E-state index is -0.598. The molecular formula is C16H14N4O4S. The summed E-state index contributed by atoms with van der Waals surface area (Å²) in [5.74, 6) is -0.144. The minimum absolute atomic E-state index is 0.317. The molecule has 0 aliphatic carbocycles. The van der Waals surface area contributed by atoms with Gasteiger partial charge in [0, 0.05) is 10.9 Å². The predicted molar refractivity (Wildman–Crippen MR) is 90.2 cm³/mol. The van der Waals surface area contributed by atoms with Gasteiger partial charge in [0.2, 0.25) is 0 Å². The second-order valence-electron chi connectivity index (χ2n) is 5.14. The molecule has 3 aromatic rings. The molecule has 1 aromatic carbocycles. The lowest BCUT2D eigenvalue weighted by Gasteiger charge is -2.05. The molecule has 1 amide bonds. The molecule has 0 saturated carbocycles. The maximum atomic E-state index is 12.0. The Balaban J connectivity index is 1.55. The lowest BCUT2D eigenvalue weighted by atomic mass is 10.1. The summed E-state index contributed by atoms with van der Waals surface area (Å²) in [7, 11) is 0. The maximum Gasteiger partial charge on any atom is 0.338 e. The number of benzene rings is 1. The fraction of sp³-hybridized carbons (Fsp3) is 0.188. The molecule has 0 radical (unpaired) electrons. The van der Waals surface area contributed by atoms with Gasteiger partial charge in [-0.05, 0) is 38.1 Å². The van der Waals surface area contributed by atoms with Crippen LogP contribution < -0.4 is 5.32 Å². The molecule has 0 aliphatic rings. The molecule has 3 rings (SSSR count). The number of ether oxygens (including phenoxy) is 1. The van der Waals surface area contributed by atoms with Gasteiger partial charge in [0.1, 0.15) is 0 Å². The minimum Gasteiger partial charge on any atom is -0.452 e. The topological polar surface area (TPSA) is 107 Å². The van der Waals surface area contributed by atoms with Crippen LogP contribution in [-0.4, -0.2) is 33.6 Å². The Morgan fingerprint density at radius 2 is 1.96 bits per heavy atom. The molecule has 0 aliphatic heterocycles. The molecule has 0 bridgehead atoms. The van der Waals surface area contributed by atoms with Gasteiger partial charge in [-0.15, -0.1) is 11.3 Å². The molecule has 128 valence electrons. The van der Waals surface area contributed by atoms with Gasteiger partial charge in [-0.1, -0.05) is 5.16 Å². The molecule has 2 heterocycles. The van der Waals surface area contributed by atoms with Crippen LogP contribution in [0.2, 0.25) is 0 Å². The van der Waals surface area contributed by atoms with Crippen LogP contribution in [0.5, 0.6) is 0 Å². The zero-order valence-electron chi connectivity index (χ0n) is 13.5. The van der Waals surface area contributed by atoms with E-state index in [9.17, 15) is 9.59 Å². The maximum absolute atomic E-state index is 12.0. The standard InChI is InChI=1S/C16H14N4O4S/c1-9-8-25-16(17-9)19-13(21)7-23-15(22)12-5-3-11(4-6-12)14-18-10(2)20-24-14/h3-6,8H,7H2,1-2H3,(H,17,19,21). The average Bonchev–Trinajstić information content (AvgIpc) is 3.21. The third kappa shape index (κ3) is 4.27. The fourth-order valence-corrected chi connectivity index (χ4v) is 2.65. The third-order valence-corrected chi connectivity index (χ3v) is 3.97. The third-order valence-electron chi connectivity index (χ3n) is 3.09. The van der Waals surface area contributed by atoms with Crippen LogP contribution >= 0.6 is 11.3 Å². The highest BCUT2D eigenvalue weighted by molar-refractivity contribution is 7.13. The Bertz CT molecular complexity index is 901. The Kier molecular flexibility index (Phi) is 4.85. The van der Waals surface area contributed by atoms with Crippen LogP contribution in [0.15, 0.2) is 34.2 Å². The Morgan fingerprint density at radius 1 is 1.20 bits per heavy atom. The van der Waals surface area contributed by atoms with Crippen LogP contribution in [0.3, 0.4) is 0 Å². The van der Waals surface area contributed by atoms with E-state index in [0.29, 0.717) is 28.0 Å². The van der Waals surface area contributed by atoms with E-state index in [4.69, 9.17) is 9.26 Å². The van der Waals surface area contributed by atoms with E-state index in [-0.39, 0.29) is 6.61 Å². The molecule has 0 fully saturated rings. The summed E-state index contributed by atoms with van der Waals surface area (Å²) in [6, 6.07) is 6.47. The summed E-state index contributed by atoms with van der Waals surface area (Å²) >= 11 is 1.31. The zero-order valence-corrected chi connectivity index (χ0v) is 14.3. The van der Waals surface area contributed by atoms with Crippen molar-refractivity contribution in [1.29, 1.82) is 0 Å². The average molecular weight is 358 g/mol. The number of carbonyl (C=O) groups excluding carboxylic acids is 2. The van der Waals surface area contributed by atoms with Crippen molar-refractivity contribution in [3.8, 4) is 11.5 Å². The van der Waals surface area contributed by atoms with E-state index in [1.165, 1.54) is 11.3 Å². The molecule has 9 heteroatoms. The number of hydrogen-bond acceptors (Lipinski definition) is 8. The van der Waals surface area contributed by atoms with Crippen molar-refractivity contribution in [2.75, 3.05) is 11.9 Å². The molecule has 0 saturated heterocycles. The number of thiazole rings is 1. The number of rotatable bonds is 5. The van der Waals surface area contributed by atoms with Gasteiger partial charge < -0.3 is 9.26 Å². The first-order valence-corrected chi connectivity index (χ1v) is 8.19. The number of amides is 1. The van der Waals surface area contributed by atoms with Gasteiger partial charge in [0.05, 0.1) is 11.3 Å². The zero-order chi connectivity index (χ0) is 17.8. The van der Waals surface area contributed by atoms with Crippen LogP contribution in [0.4, 0.5) is 5.13 Å². The number of hydrogen-bond donors (Lipinski definition) is 1. The Morgan fingerprint density at radius 3 is 2.56 bits per heavy atom. The van der Waals surface area contributed by atoms with Gasteiger partial charge in [-0.2, -0.15) is 4.98 Å². The molecule has 2 aromatic heterocycles. The van der Waals surface area contributed by atoms with Gasteiger partial charge in [-0.25, -0.2) is 9.78 Å². The highest BCUT2D eigenvalue weighted by Crippen LogP contribution is 2.18. The monoisotopic (exact) mass is 358 g/mol. The van der Waals surface area contributed by atoms with Crippen molar-refractivity contribution in [3.05, 3.63) is 46.7 Å².